The van der Waals surface area contributed by atoms with Crippen molar-refractivity contribution in [3.63, 3.8) is 0 Å². The Morgan fingerprint density at radius 1 is 1.08 bits per heavy atom. The Hall–Kier alpha value is -3.63. The molecule has 2 aromatic carbocycles. The van der Waals surface area contributed by atoms with Crippen molar-refractivity contribution < 1.29 is 19.2 Å². The van der Waals surface area contributed by atoms with Crippen LogP contribution in [-0.4, -0.2) is 45.8 Å². The quantitative estimate of drug-likeness (QED) is 0.220. The second kappa shape index (κ2) is 11.4. The van der Waals surface area contributed by atoms with Gasteiger partial charge in [0.15, 0.2) is 5.84 Å². The van der Waals surface area contributed by atoms with Crippen LogP contribution in [0.5, 0.6) is 0 Å². The molecule has 1 fully saturated rings. The number of aromatic nitrogens is 1. The van der Waals surface area contributed by atoms with Crippen LogP contribution in [0, 0.1) is 18.7 Å². The summed E-state index contributed by atoms with van der Waals surface area (Å²) in [5.41, 5.74) is 5.87. The topological polar surface area (TPSA) is 107 Å². The number of anilines is 1. The predicted molar refractivity (Wildman–Crippen MR) is 139 cm³/mol. The van der Waals surface area contributed by atoms with Gasteiger partial charge in [0.2, 0.25) is 5.78 Å². The number of carbonyl (C=O) groups is 2. The van der Waals surface area contributed by atoms with Crippen LogP contribution in [0.4, 0.5) is 20.6 Å². The largest absolute Gasteiger partial charge is 0.324 e. The van der Waals surface area contributed by atoms with Crippen molar-refractivity contribution >= 4 is 45.0 Å². The third-order valence-electron chi connectivity index (χ3n) is 6.00. The van der Waals surface area contributed by atoms with E-state index >= 15 is 0 Å². The molecule has 4 rings (SSSR count). The van der Waals surface area contributed by atoms with Crippen molar-refractivity contribution in [1.29, 1.82) is 0 Å². The molecule has 0 saturated carbocycles. The monoisotopic (exact) mass is 553 g/mol. The highest BCUT2D eigenvalue weighted by molar-refractivity contribution is 9.10. The zero-order valence-corrected chi connectivity index (χ0v) is 21.1. The maximum absolute atomic E-state index is 13.4. The lowest BCUT2D eigenvalue weighted by Gasteiger charge is -2.31. The van der Waals surface area contributed by atoms with E-state index in [9.17, 15) is 19.2 Å². The van der Waals surface area contributed by atoms with Gasteiger partial charge in [-0.3, -0.25) is 15.0 Å². The van der Waals surface area contributed by atoms with E-state index in [0.29, 0.717) is 37.3 Å². The molecule has 36 heavy (non-hydrogen) atoms. The van der Waals surface area contributed by atoms with Gasteiger partial charge in [-0.05, 0) is 89.3 Å². The van der Waals surface area contributed by atoms with Crippen molar-refractivity contribution in [1.82, 2.24) is 15.4 Å². The number of aliphatic imine (C=N–C) groups is 1. The van der Waals surface area contributed by atoms with Crippen LogP contribution in [0.1, 0.15) is 18.5 Å². The number of carbonyl (C=O) groups excluding carboxylic acids is 2. The molecule has 0 bridgehead atoms. The van der Waals surface area contributed by atoms with Crippen molar-refractivity contribution in [2.75, 3.05) is 18.4 Å². The van der Waals surface area contributed by atoms with E-state index in [1.165, 1.54) is 18.2 Å². The lowest BCUT2D eigenvalue weighted by molar-refractivity contribution is -0.118. The van der Waals surface area contributed by atoms with Gasteiger partial charge in [-0.2, -0.15) is 0 Å². The number of rotatable bonds is 5. The summed E-state index contributed by atoms with van der Waals surface area (Å²) in [7, 11) is 0. The van der Waals surface area contributed by atoms with E-state index in [-0.39, 0.29) is 22.1 Å². The molecule has 186 valence electrons. The SMILES string of the molecule is Cc1cc(-c2ccc(NC(=O)N3CCC(C(=O)C(=Nc4ccc(F)c(Br)c4)NO)CC3)cc2)ccn1. The van der Waals surface area contributed by atoms with Gasteiger partial charge in [-0.15, -0.1) is 0 Å². The van der Waals surface area contributed by atoms with Crippen LogP contribution in [0.3, 0.4) is 0 Å². The third-order valence-corrected chi connectivity index (χ3v) is 6.61. The lowest BCUT2D eigenvalue weighted by atomic mass is 9.92. The Kier molecular flexibility index (Phi) is 8.07. The molecule has 1 saturated heterocycles. The summed E-state index contributed by atoms with van der Waals surface area (Å²) in [6.07, 6.45) is 2.63. The Morgan fingerprint density at radius 2 is 1.81 bits per heavy atom. The number of amidine groups is 1. The van der Waals surface area contributed by atoms with Gasteiger partial charge in [0.05, 0.1) is 10.2 Å². The van der Waals surface area contributed by atoms with Crippen LogP contribution >= 0.6 is 15.9 Å². The second-order valence-electron chi connectivity index (χ2n) is 8.49. The maximum atomic E-state index is 13.4. The summed E-state index contributed by atoms with van der Waals surface area (Å²) in [5.74, 6) is -1.44. The summed E-state index contributed by atoms with van der Waals surface area (Å²) in [4.78, 5) is 35.6. The van der Waals surface area contributed by atoms with E-state index in [2.05, 4.69) is 31.2 Å². The first-order valence-electron chi connectivity index (χ1n) is 11.4. The summed E-state index contributed by atoms with van der Waals surface area (Å²) in [6.45, 7) is 2.71. The summed E-state index contributed by atoms with van der Waals surface area (Å²) >= 11 is 3.07. The van der Waals surface area contributed by atoms with Gasteiger partial charge in [0.1, 0.15) is 5.82 Å². The molecule has 8 nitrogen and oxygen atoms in total. The van der Waals surface area contributed by atoms with Crippen LogP contribution in [-0.2, 0) is 4.79 Å². The predicted octanol–water partition coefficient (Wildman–Crippen LogP) is 5.48. The fraction of sp³-hybridized carbons (Fsp3) is 0.231. The van der Waals surface area contributed by atoms with Crippen LogP contribution in [0.15, 0.2) is 70.3 Å². The fourth-order valence-electron chi connectivity index (χ4n) is 4.03. The molecule has 0 atom stereocenters. The number of aryl methyl sites for hydroxylation is 1. The number of piperidine rings is 1. The average molecular weight is 554 g/mol. The third kappa shape index (κ3) is 6.13. The number of urea groups is 1. The number of hydrogen-bond donors (Lipinski definition) is 3. The zero-order chi connectivity index (χ0) is 25.7. The summed E-state index contributed by atoms with van der Waals surface area (Å²) < 4.78 is 13.6. The molecule has 0 spiro atoms. The van der Waals surface area contributed by atoms with E-state index in [1.54, 1.807) is 11.1 Å². The molecule has 0 aliphatic carbocycles. The lowest BCUT2D eigenvalue weighted by Crippen LogP contribution is -2.44. The van der Waals surface area contributed by atoms with Gasteiger partial charge in [0, 0.05) is 36.6 Å². The molecule has 1 aliphatic heterocycles. The Morgan fingerprint density at radius 3 is 2.44 bits per heavy atom. The van der Waals surface area contributed by atoms with E-state index < -0.39 is 11.7 Å². The van der Waals surface area contributed by atoms with Gasteiger partial charge >= 0.3 is 6.03 Å². The molecule has 1 aromatic heterocycles. The van der Waals surface area contributed by atoms with Gasteiger partial charge in [0.25, 0.3) is 0 Å². The van der Waals surface area contributed by atoms with Crippen molar-refractivity contribution in [3.8, 4) is 11.1 Å². The molecule has 3 aromatic rings. The number of nitrogens with one attached hydrogen (secondary N) is 2. The highest BCUT2D eigenvalue weighted by Crippen LogP contribution is 2.25. The number of ketones is 1. The minimum absolute atomic E-state index is 0.204. The Bertz CT molecular complexity index is 1290. The number of hydrogen-bond acceptors (Lipinski definition) is 5. The van der Waals surface area contributed by atoms with E-state index in [4.69, 9.17) is 0 Å². The number of benzene rings is 2. The molecule has 0 unspecified atom stereocenters. The number of amides is 2. The number of likely N-dealkylation sites (tertiary alicyclic amines) is 1. The normalized spacial score (nSPS) is 14.4. The first-order valence-corrected chi connectivity index (χ1v) is 12.2. The Labute approximate surface area is 216 Å². The van der Waals surface area contributed by atoms with Crippen molar-refractivity contribution in [3.05, 3.63) is 76.8 Å². The minimum atomic E-state index is -0.454. The molecular weight excluding hydrogens is 529 g/mol. The standard InChI is InChI=1S/C26H25BrFN5O3/c1-16-14-19(8-11-29-16)17-2-4-20(5-3-17)31-26(35)33-12-9-18(10-13-33)24(34)25(32-36)30-21-6-7-23(28)22(27)15-21/h2-8,11,14-15,18,36H,9-10,12-13H2,1H3,(H,30,32)(H,31,35). The molecule has 2 amide bonds. The molecule has 1 aliphatic rings. The van der Waals surface area contributed by atoms with Gasteiger partial charge in [-0.25, -0.2) is 19.7 Å². The molecular formula is C26H25BrFN5O3. The number of pyridine rings is 1. The number of Topliss-reactive ketones (excluding diaryl/α,β-unsaturated/α-hetero) is 1. The number of hydroxylamine groups is 1. The van der Waals surface area contributed by atoms with Crippen LogP contribution in [0.25, 0.3) is 11.1 Å². The number of nitrogens with zero attached hydrogens (tertiary/aromatic N) is 3. The average Bonchev–Trinajstić information content (AvgIpc) is 2.89. The van der Waals surface area contributed by atoms with Gasteiger partial charge in [-0.1, -0.05) is 12.1 Å². The molecule has 0 radical (unpaired) electrons. The fourth-order valence-corrected chi connectivity index (χ4v) is 4.40. The zero-order valence-electron chi connectivity index (χ0n) is 19.5. The second-order valence-corrected chi connectivity index (χ2v) is 9.34. The van der Waals surface area contributed by atoms with Gasteiger partial charge < -0.3 is 10.2 Å². The maximum Gasteiger partial charge on any atom is 0.321 e. The minimum Gasteiger partial charge on any atom is -0.324 e. The first-order chi connectivity index (χ1) is 17.3. The molecule has 3 N–H and O–H groups in total. The first kappa shape index (κ1) is 25.5. The Balaban J connectivity index is 1.33. The van der Waals surface area contributed by atoms with Crippen molar-refractivity contribution in [2.45, 2.75) is 19.8 Å². The van der Waals surface area contributed by atoms with Crippen LogP contribution in [0.2, 0.25) is 0 Å². The highest BCUT2D eigenvalue weighted by Gasteiger charge is 2.30. The summed E-state index contributed by atoms with van der Waals surface area (Å²) in [5, 5.41) is 12.4. The number of halogens is 2. The van der Waals surface area contributed by atoms with Crippen LogP contribution < -0.4 is 10.8 Å². The van der Waals surface area contributed by atoms with Crippen molar-refractivity contribution in [2.24, 2.45) is 10.9 Å². The highest BCUT2D eigenvalue weighted by atomic mass is 79.9. The van der Waals surface area contributed by atoms with E-state index in [0.717, 1.165) is 16.8 Å². The molecule has 10 heteroatoms. The van der Waals surface area contributed by atoms with E-state index in [1.807, 2.05) is 48.8 Å². The smallest absolute Gasteiger partial charge is 0.321 e. The molecule has 2 heterocycles. The summed E-state index contributed by atoms with van der Waals surface area (Å²) in [6, 6.07) is 15.3.